The van der Waals surface area contributed by atoms with Gasteiger partial charge in [-0.15, -0.1) is 0 Å². The first kappa shape index (κ1) is 9.26. The van der Waals surface area contributed by atoms with Gasteiger partial charge in [0.2, 0.25) is 5.91 Å². The van der Waals surface area contributed by atoms with Crippen molar-refractivity contribution >= 4 is 27.4 Å². The predicted octanol–water partition coefficient (Wildman–Crippen LogP) is 0.179. The van der Waals surface area contributed by atoms with Gasteiger partial charge in [0.05, 0.1) is 6.20 Å². The number of nitrogens with two attached hydrogens (primary N) is 2. The second kappa shape index (κ2) is 3.45. The molecule has 1 fully saturated rings. The number of carbonyl (C=O) groups excluding carboxylic acids is 1. The minimum absolute atomic E-state index is 0.208. The lowest BCUT2D eigenvalue weighted by atomic mass is 10.2. The summed E-state index contributed by atoms with van der Waals surface area (Å²) in [5, 5.41) is 1.46. The second-order valence-corrected chi connectivity index (χ2v) is 4.34. The maximum Gasteiger partial charge on any atom is 0.240 e. The highest BCUT2D eigenvalue weighted by molar-refractivity contribution is 7.19. The average Bonchev–Trinajstić information content (AvgIpc) is 2.70. The number of hydrogen-bond donors (Lipinski definition) is 2. The molecule has 0 aliphatic carbocycles. The second-order valence-electron chi connectivity index (χ2n) is 3.30. The molecule has 0 aromatic carbocycles. The molecule has 2 rings (SSSR count). The van der Waals surface area contributed by atoms with E-state index in [9.17, 15) is 4.79 Å². The largest absolute Gasteiger partial charge is 0.389 e. The molecule has 1 saturated heterocycles. The molecule has 14 heavy (non-hydrogen) atoms. The van der Waals surface area contributed by atoms with Crippen LogP contribution in [0, 0.1) is 0 Å². The molecule has 1 atom stereocenters. The molecule has 1 aliphatic heterocycles. The smallest absolute Gasteiger partial charge is 0.240 e. The fraction of sp³-hybridized carbons (Fsp3) is 0.500. The van der Waals surface area contributed by atoms with Crippen molar-refractivity contribution in [2.24, 2.45) is 5.73 Å². The van der Waals surface area contributed by atoms with E-state index in [1.165, 1.54) is 11.3 Å². The van der Waals surface area contributed by atoms with Crippen LogP contribution in [0.15, 0.2) is 6.20 Å². The summed E-state index contributed by atoms with van der Waals surface area (Å²) in [5.41, 5.74) is 10.9. The summed E-state index contributed by atoms with van der Waals surface area (Å²) in [7, 11) is 0. The normalized spacial score (nSPS) is 21.4. The van der Waals surface area contributed by atoms with Crippen LogP contribution in [0.4, 0.5) is 10.1 Å². The summed E-state index contributed by atoms with van der Waals surface area (Å²) < 4.78 is 0. The number of nitrogen functional groups attached to an aromatic ring is 1. The van der Waals surface area contributed by atoms with Crippen molar-refractivity contribution in [2.75, 3.05) is 17.2 Å². The number of anilines is 2. The molecule has 76 valence electrons. The van der Waals surface area contributed by atoms with Crippen LogP contribution in [0.3, 0.4) is 0 Å². The van der Waals surface area contributed by atoms with E-state index >= 15 is 0 Å². The van der Waals surface area contributed by atoms with E-state index in [1.807, 2.05) is 4.90 Å². The fourth-order valence-electron chi connectivity index (χ4n) is 1.70. The van der Waals surface area contributed by atoms with Crippen molar-refractivity contribution in [1.29, 1.82) is 0 Å². The minimum Gasteiger partial charge on any atom is -0.389 e. The first-order valence-electron chi connectivity index (χ1n) is 4.46. The maximum atomic E-state index is 11.1. The molecule has 1 aromatic rings. The lowest BCUT2D eigenvalue weighted by molar-refractivity contribution is -0.119. The summed E-state index contributed by atoms with van der Waals surface area (Å²) in [6.07, 6.45) is 3.40. The molecule has 1 amide bonds. The maximum absolute atomic E-state index is 11.1. The van der Waals surface area contributed by atoms with Gasteiger partial charge in [0.25, 0.3) is 0 Å². The van der Waals surface area contributed by atoms with Crippen molar-refractivity contribution in [3.63, 3.8) is 0 Å². The van der Waals surface area contributed by atoms with Gasteiger partial charge in [-0.2, -0.15) is 0 Å². The van der Waals surface area contributed by atoms with Gasteiger partial charge in [0.1, 0.15) is 11.0 Å². The summed E-state index contributed by atoms with van der Waals surface area (Å²) in [6, 6.07) is -0.208. The van der Waals surface area contributed by atoms with Gasteiger partial charge in [0.15, 0.2) is 5.13 Å². The topological polar surface area (TPSA) is 85.2 Å². The van der Waals surface area contributed by atoms with E-state index in [1.54, 1.807) is 6.20 Å². The SMILES string of the molecule is NC(=O)C1CCCN1c1ncc(N)s1. The molecule has 0 radical (unpaired) electrons. The van der Waals surface area contributed by atoms with Crippen molar-refractivity contribution in [1.82, 2.24) is 4.98 Å². The average molecular weight is 212 g/mol. The number of amides is 1. The lowest BCUT2D eigenvalue weighted by Crippen LogP contribution is -2.40. The molecule has 2 heterocycles. The van der Waals surface area contributed by atoms with Crippen LogP contribution in [-0.2, 0) is 4.79 Å². The molecule has 0 spiro atoms. The van der Waals surface area contributed by atoms with Gasteiger partial charge in [-0.25, -0.2) is 4.98 Å². The van der Waals surface area contributed by atoms with Crippen LogP contribution in [-0.4, -0.2) is 23.5 Å². The number of thiazole rings is 1. The third-order valence-corrected chi connectivity index (χ3v) is 3.20. The van der Waals surface area contributed by atoms with Crippen LogP contribution in [0.1, 0.15) is 12.8 Å². The number of nitrogens with zero attached hydrogens (tertiary/aromatic N) is 2. The standard InChI is InChI=1S/C8H12N4OS/c9-6-4-11-8(14-6)12-3-1-2-5(12)7(10)13/h4-5H,1-3,9H2,(H2,10,13). The summed E-state index contributed by atoms with van der Waals surface area (Å²) in [4.78, 5) is 17.2. The first-order valence-corrected chi connectivity index (χ1v) is 5.27. The van der Waals surface area contributed by atoms with E-state index in [0.717, 1.165) is 24.5 Å². The third-order valence-electron chi connectivity index (χ3n) is 2.34. The highest BCUT2D eigenvalue weighted by Gasteiger charge is 2.30. The highest BCUT2D eigenvalue weighted by atomic mass is 32.1. The fourth-order valence-corrected chi connectivity index (χ4v) is 2.46. The van der Waals surface area contributed by atoms with Crippen LogP contribution < -0.4 is 16.4 Å². The van der Waals surface area contributed by atoms with Gasteiger partial charge in [-0.3, -0.25) is 4.79 Å². The molecule has 1 unspecified atom stereocenters. The molecular formula is C8H12N4OS. The molecule has 6 heteroatoms. The van der Waals surface area contributed by atoms with Gasteiger partial charge in [-0.1, -0.05) is 11.3 Å². The Morgan fingerprint density at radius 3 is 3.07 bits per heavy atom. The number of carbonyl (C=O) groups is 1. The Labute approximate surface area is 85.7 Å². The van der Waals surface area contributed by atoms with E-state index in [-0.39, 0.29) is 11.9 Å². The van der Waals surface area contributed by atoms with E-state index < -0.39 is 0 Å². The van der Waals surface area contributed by atoms with Crippen LogP contribution >= 0.6 is 11.3 Å². The lowest BCUT2D eigenvalue weighted by Gasteiger charge is -2.20. The summed E-state index contributed by atoms with van der Waals surface area (Å²) in [5.74, 6) is -0.281. The highest BCUT2D eigenvalue weighted by Crippen LogP contribution is 2.30. The van der Waals surface area contributed by atoms with E-state index in [2.05, 4.69) is 4.98 Å². The molecule has 0 saturated carbocycles. The quantitative estimate of drug-likeness (QED) is 0.732. The molecule has 5 nitrogen and oxygen atoms in total. The number of hydrogen-bond acceptors (Lipinski definition) is 5. The summed E-state index contributed by atoms with van der Waals surface area (Å²) >= 11 is 1.39. The zero-order valence-electron chi connectivity index (χ0n) is 7.64. The number of aromatic nitrogens is 1. The van der Waals surface area contributed by atoms with Gasteiger partial charge >= 0.3 is 0 Å². The van der Waals surface area contributed by atoms with Crippen molar-refractivity contribution in [3.05, 3.63) is 6.20 Å². The molecule has 1 aromatic heterocycles. The molecule has 1 aliphatic rings. The molecule has 4 N–H and O–H groups in total. The zero-order chi connectivity index (χ0) is 10.1. The van der Waals surface area contributed by atoms with Crippen LogP contribution in [0.2, 0.25) is 0 Å². The Kier molecular flexibility index (Phi) is 2.28. The Bertz CT molecular complexity index is 351. The van der Waals surface area contributed by atoms with Gasteiger partial charge in [0, 0.05) is 6.54 Å². The number of rotatable bonds is 2. The number of primary amides is 1. The first-order chi connectivity index (χ1) is 6.68. The predicted molar refractivity (Wildman–Crippen MR) is 56.1 cm³/mol. The van der Waals surface area contributed by atoms with E-state index in [0.29, 0.717) is 5.00 Å². The minimum atomic E-state index is -0.281. The Morgan fingerprint density at radius 2 is 2.50 bits per heavy atom. The van der Waals surface area contributed by atoms with Gasteiger partial charge < -0.3 is 16.4 Å². The Balaban J connectivity index is 2.21. The zero-order valence-corrected chi connectivity index (χ0v) is 8.46. The third kappa shape index (κ3) is 1.52. The summed E-state index contributed by atoms with van der Waals surface area (Å²) in [6.45, 7) is 0.834. The Hall–Kier alpha value is -1.30. The van der Waals surface area contributed by atoms with Crippen molar-refractivity contribution in [2.45, 2.75) is 18.9 Å². The van der Waals surface area contributed by atoms with Crippen molar-refractivity contribution in [3.8, 4) is 0 Å². The monoisotopic (exact) mass is 212 g/mol. The van der Waals surface area contributed by atoms with E-state index in [4.69, 9.17) is 11.5 Å². The van der Waals surface area contributed by atoms with Crippen LogP contribution in [0.25, 0.3) is 0 Å². The Morgan fingerprint density at radius 1 is 1.71 bits per heavy atom. The molecular weight excluding hydrogens is 200 g/mol. The van der Waals surface area contributed by atoms with Crippen LogP contribution in [0.5, 0.6) is 0 Å². The molecule has 0 bridgehead atoms. The van der Waals surface area contributed by atoms with Crippen molar-refractivity contribution < 1.29 is 4.79 Å². The van der Waals surface area contributed by atoms with Gasteiger partial charge in [-0.05, 0) is 12.8 Å².